The maximum Gasteiger partial charge on any atom is 0.245 e. The molecule has 0 bridgehead atoms. The molecule has 0 radical (unpaired) electrons. The quantitative estimate of drug-likeness (QED) is 0.821. The number of carbonyl (C=O) groups excluding carboxylic acids is 1. The molecule has 15 heavy (non-hydrogen) atoms. The molecule has 1 aliphatic heterocycles. The van der Waals surface area contributed by atoms with Crippen molar-refractivity contribution in [2.45, 2.75) is 25.8 Å². The fourth-order valence-corrected chi connectivity index (χ4v) is 2.63. The van der Waals surface area contributed by atoms with E-state index in [4.69, 9.17) is 0 Å². The molecule has 2 heterocycles. The summed E-state index contributed by atoms with van der Waals surface area (Å²) in [5.74, 6) is 0.151. The molecule has 1 unspecified atom stereocenters. The molecule has 1 atom stereocenters. The van der Waals surface area contributed by atoms with Crippen LogP contribution in [0.2, 0.25) is 0 Å². The Bertz CT molecular complexity index is 363. The molecule has 0 spiro atoms. The van der Waals surface area contributed by atoms with Gasteiger partial charge in [0.15, 0.2) is 5.13 Å². The standard InChI is InChI=1S/C10H15N3OS/c1-7-6-15-10(12-7)13-5-3-4-8(11-2)9(13)14/h6,8,11H,3-5H2,1-2H3. The largest absolute Gasteiger partial charge is 0.309 e. The third-order valence-electron chi connectivity index (χ3n) is 2.62. The van der Waals surface area contributed by atoms with Crippen LogP contribution in [-0.4, -0.2) is 30.5 Å². The lowest BCUT2D eigenvalue weighted by atomic mass is 10.1. The number of aromatic nitrogens is 1. The smallest absolute Gasteiger partial charge is 0.245 e. The molecule has 1 aromatic heterocycles. The summed E-state index contributed by atoms with van der Waals surface area (Å²) in [5, 5.41) is 5.85. The number of rotatable bonds is 2. The van der Waals surface area contributed by atoms with Gasteiger partial charge in [-0.3, -0.25) is 9.69 Å². The molecule has 0 aliphatic carbocycles. The van der Waals surface area contributed by atoms with E-state index < -0.39 is 0 Å². The zero-order valence-electron chi connectivity index (χ0n) is 8.99. The third-order valence-corrected chi connectivity index (χ3v) is 3.61. The number of nitrogens with one attached hydrogen (secondary N) is 1. The van der Waals surface area contributed by atoms with E-state index in [1.165, 1.54) is 11.3 Å². The van der Waals surface area contributed by atoms with Gasteiger partial charge in [-0.15, -0.1) is 11.3 Å². The molecule has 5 heteroatoms. The Morgan fingerprint density at radius 3 is 3.07 bits per heavy atom. The van der Waals surface area contributed by atoms with Gasteiger partial charge in [-0.2, -0.15) is 0 Å². The second kappa shape index (κ2) is 4.28. The van der Waals surface area contributed by atoms with Crippen LogP contribution in [0.15, 0.2) is 5.38 Å². The lowest BCUT2D eigenvalue weighted by Crippen LogP contribution is -2.49. The molecule has 2 rings (SSSR count). The van der Waals surface area contributed by atoms with Crippen LogP contribution in [0.3, 0.4) is 0 Å². The normalized spacial score (nSPS) is 22.1. The number of likely N-dealkylation sites (N-methyl/N-ethyl adjacent to an activating group) is 1. The first-order valence-corrected chi connectivity index (χ1v) is 6.01. The van der Waals surface area contributed by atoms with Crippen molar-refractivity contribution < 1.29 is 4.79 Å². The Morgan fingerprint density at radius 1 is 1.67 bits per heavy atom. The van der Waals surface area contributed by atoms with Crippen LogP contribution >= 0.6 is 11.3 Å². The molecule has 0 aromatic carbocycles. The molecule has 1 aromatic rings. The monoisotopic (exact) mass is 225 g/mol. The molecule has 1 N–H and O–H groups in total. The van der Waals surface area contributed by atoms with E-state index in [-0.39, 0.29) is 11.9 Å². The van der Waals surface area contributed by atoms with E-state index >= 15 is 0 Å². The van der Waals surface area contributed by atoms with E-state index in [2.05, 4.69) is 10.3 Å². The van der Waals surface area contributed by atoms with Crippen molar-refractivity contribution in [3.63, 3.8) is 0 Å². The number of amides is 1. The lowest BCUT2D eigenvalue weighted by Gasteiger charge is -2.30. The zero-order chi connectivity index (χ0) is 10.8. The van der Waals surface area contributed by atoms with Gasteiger partial charge in [0.1, 0.15) is 0 Å². The number of aryl methyl sites for hydroxylation is 1. The summed E-state index contributed by atoms with van der Waals surface area (Å²) < 4.78 is 0. The molecule has 1 aliphatic rings. The predicted octanol–water partition coefficient (Wildman–Crippen LogP) is 1.17. The van der Waals surface area contributed by atoms with Gasteiger partial charge >= 0.3 is 0 Å². The first-order valence-electron chi connectivity index (χ1n) is 5.13. The number of hydrogen-bond acceptors (Lipinski definition) is 4. The summed E-state index contributed by atoms with van der Waals surface area (Å²) in [6.07, 6.45) is 1.96. The van der Waals surface area contributed by atoms with Crippen molar-refractivity contribution in [2.24, 2.45) is 0 Å². The topological polar surface area (TPSA) is 45.2 Å². The second-order valence-electron chi connectivity index (χ2n) is 3.74. The van der Waals surface area contributed by atoms with E-state index in [0.29, 0.717) is 0 Å². The van der Waals surface area contributed by atoms with Crippen LogP contribution in [0.4, 0.5) is 5.13 Å². The van der Waals surface area contributed by atoms with Crippen LogP contribution in [0.5, 0.6) is 0 Å². The minimum Gasteiger partial charge on any atom is -0.309 e. The van der Waals surface area contributed by atoms with Crippen LogP contribution in [0, 0.1) is 6.92 Å². The summed E-state index contributed by atoms with van der Waals surface area (Å²) >= 11 is 1.54. The minimum atomic E-state index is -0.0389. The fraction of sp³-hybridized carbons (Fsp3) is 0.600. The molecule has 1 amide bonds. The second-order valence-corrected chi connectivity index (χ2v) is 4.58. The Labute approximate surface area is 93.3 Å². The minimum absolute atomic E-state index is 0.0389. The van der Waals surface area contributed by atoms with Crippen LogP contribution in [-0.2, 0) is 4.79 Å². The highest BCUT2D eigenvalue weighted by Crippen LogP contribution is 2.24. The molecule has 1 saturated heterocycles. The van der Waals surface area contributed by atoms with Crippen molar-refractivity contribution in [1.29, 1.82) is 0 Å². The molecular weight excluding hydrogens is 210 g/mol. The first kappa shape index (κ1) is 10.6. The van der Waals surface area contributed by atoms with Crippen molar-refractivity contribution in [1.82, 2.24) is 10.3 Å². The van der Waals surface area contributed by atoms with Crippen LogP contribution in [0.25, 0.3) is 0 Å². The number of thiazole rings is 1. The zero-order valence-corrected chi connectivity index (χ0v) is 9.80. The summed E-state index contributed by atoms with van der Waals surface area (Å²) in [4.78, 5) is 18.1. The molecule has 1 fully saturated rings. The molecule has 82 valence electrons. The van der Waals surface area contributed by atoms with Crippen molar-refractivity contribution in [3.8, 4) is 0 Å². The average molecular weight is 225 g/mol. The maximum atomic E-state index is 12.0. The van der Waals surface area contributed by atoms with Gasteiger partial charge < -0.3 is 5.32 Å². The van der Waals surface area contributed by atoms with E-state index in [9.17, 15) is 4.79 Å². The highest BCUT2D eigenvalue weighted by molar-refractivity contribution is 7.14. The van der Waals surface area contributed by atoms with E-state index in [1.54, 1.807) is 4.90 Å². The maximum absolute atomic E-state index is 12.0. The Hall–Kier alpha value is -0.940. The Kier molecular flexibility index (Phi) is 3.02. The van der Waals surface area contributed by atoms with Gasteiger partial charge in [0, 0.05) is 11.9 Å². The van der Waals surface area contributed by atoms with Gasteiger partial charge in [0.2, 0.25) is 5.91 Å². The SMILES string of the molecule is CNC1CCCN(c2nc(C)cs2)C1=O. The highest BCUT2D eigenvalue weighted by Gasteiger charge is 2.29. The van der Waals surface area contributed by atoms with Crippen LogP contribution < -0.4 is 10.2 Å². The van der Waals surface area contributed by atoms with Crippen molar-refractivity contribution in [2.75, 3.05) is 18.5 Å². The van der Waals surface area contributed by atoms with Gasteiger partial charge in [-0.1, -0.05) is 0 Å². The molecule has 0 saturated carbocycles. The van der Waals surface area contributed by atoms with Gasteiger partial charge in [0.05, 0.1) is 11.7 Å². The lowest BCUT2D eigenvalue weighted by molar-refractivity contribution is -0.121. The highest BCUT2D eigenvalue weighted by atomic mass is 32.1. The average Bonchev–Trinajstić information content (AvgIpc) is 2.65. The van der Waals surface area contributed by atoms with Crippen LogP contribution in [0.1, 0.15) is 18.5 Å². The number of carbonyl (C=O) groups is 1. The van der Waals surface area contributed by atoms with Crippen molar-refractivity contribution in [3.05, 3.63) is 11.1 Å². The van der Waals surface area contributed by atoms with Gasteiger partial charge in [-0.05, 0) is 26.8 Å². The van der Waals surface area contributed by atoms with Gasteiger partial charge in [-0.25, -0.2) is 4.98 Å². The first-order chi connectivity index (χ1) is 7.22. The molecular formula is C10H15N3OS. The van der Waals surface area contributed by atoms with E-state index in [1.807, 2.05) is 19.4 Å². The Balaban J connectivity index is 2.18. The molecule has 4 nitrogen and oxygen atoms in total. The summed E-state index contributed by atoms with van der Waals surface area (Å²) in [7, 11) is 1.83. The van der Waals surface area contributed by atoms with Gasteiger partial charge in [0.25, 0.3) is 0 Å². The van der Waals surface area contributed by atoms with Crippen molar-refractivity contribution >= 4 is 22.4 Å². The van der Waals surface area contributed by atoms with E-state index in [0.717, 1.165) is 30.2 Å². The number of piperidine rings is 1. The summed E-state index contributed by atoms with van der Waals surface area (Å²) in [6, 6.07) is -0.0389. The number of anilines is 1. The third kappa shape index (κ3) is 2.03. The number of hydrogen-bond donors (Lipinski definition) is 1. The summed E-state index contributed by atoms with van der Waals surface area (Å²) in [5.41, 5.74) is 0.981. The Morgan fingerprint density at radius 2 is 2.47 bits per heavy atom. The predicted molar refractivity (Wildman–Crippen MR) is 61.3 cm³/mol. The fourth-order valence-electron chi connectivity index (χ4n) is 1.80. The summed E-state index contributed by atoms with van der Waals surface area (Å²) in [6.45, 7) is 2.74. The number of nitrogens with zero attached hydrogens (tertiary/aromatic N) is 2.